The summed E-state index contributed by atoms with van der Waals surface area (Å²) in [7, 11) is 3.99. The van der Waals surface area contributed by atoms with Crippen molar-refractivity contribution >= 4 is 11.7 Å². The van der Waals surface area contributed by atoms with E-state index in [0.29, 0.717) is 23.7 Å². The molecule has 0 unspecified atom stereocenters. The molecule has 122 valence electrons. The molecule has 5 heteroatoms. The van der Waals surface area contributed by atoms with Crippen molar-refractivity contribution in [3.05, 3.63) is 53.7 Å². The number of hydrogen-bond donors (Lipinski definition) is 1. The van der Waals surface area contributed by atoms with Gasteiger partial charge in [0.2, 0.25) is 0 Å². The van der Waals surface area contributed by atoms with Gasteiger partial charge in [0.05, 0.1) is 6.20 Å². The number of likely N-dealkylation sites (N-methyl/N-ethyl adjacent to an activating group) is 1. The molecule has 0 saturated heterocycles. The van der Waals surface area contributed by atoms with Crippen LogP contribution < -0.4 is 10.1 Å². The molecule has 1 amide bonds. The lowest BCUT2D eigenvalue weighted by Gasteiger charge is -2.11. The zero-order valence-corrected chi connectivity index (χ0v) is 13.9. The molecule has 0 spiro atoms. The Morgan fingerprint density at radius 2 is 2.09 bits per heavy atom. The second-order valence-electron chi connectivity index (χ2n) is 5.54. The van der Waals surface area contributed by atoms with Crippen molar-refractivity contribution in [2.45, 2.75) is 13.3 Å². The van der Waals surface area contributed by atoms with Crippen LogP contribution >= 0.6 is 0 Å². The van der Waals surface area contributed by atoms with Crippen molar-refractivity contribution in [1.29, 1.82) is 0 Å². The number of nitrogens with one attached hydrogen (secondary N) is 1. The number of nitrogens with zero attached hydrogens (tertiary/aromatic N) is 2. The number of hydrogen-bond acceptors (Lipinski definition) is 4. The highest BCUT2D eigenvalue weighted by molar-refractivity contribution is 6.03. The van der Waals surface area contributed by atoms with Crippen molar-refractivity contribution in [2.75, 3.05) is 32.6 Å². The number of carbonyl (C=O) groups is 1. The maximum Gasteiger partial charge on any atom is 0.256 e. The summed E-state index contributed by atoms with van der Waals surface area (Å²) in [5, 5.41) is 2.80. The van der Waals surface area contributed by atoms with E-state index in [4.69, 9.17) is 4.74 Å². The fraction of sp³-hybridized carbons (Fsp3) is 0.333. The summed E-state index contributed by atoms with van der Waals surface area (Å²) >= 11 is 0. The first-order valence-corrected chi connectivity index (χ1v) is 7.72. The highest BCUT2D eigenvalue weighted by Gasteiger charge is 2.07. The van der Waals surface area contributed by atoms with Gasteiger partial charge in [0.15, 0.2) is 0 Å². The number of ether oxygens (including phenoxy) is 1. The number of aryl methyl sites for hydroxylation is 1. The Morgan fingerprint density at radius 1 is 1.26 bits per heavy atom. The quantitative estimate of drug-likeness (QED) is 0.854. The van der Waals surface area contributed by atoms with E-state index in [9.17, 15) is 4.79 Å². The maximum absolute atomic E-state index is 12.2. The Hall–Kier alpha value is -2.40. The average Bonchev–Trinajstić information content (AvgIpc) is 2.56. The highest BCUT2D eigenvalue weighted by Crippen LogP contribution is 2.14. The van der Waals surface area contributed by atoms with E-state index in [1.54, 1.807) is 24.4 Å². The SMILES string of the molecule is CCc1cccc(C(=O)Nc2ccc(OCCN(C)C)cn2)c1. The molecule has 23 heavy (non-hydrogen) atoms. The molecule has 0 atom stereocenters. The minimum atomic E-state index is -0.158. The number of amides is 1. The Labute approximate surface area is 137 Å². The minimum absolute atomic E-state index is 0.158. The van der Waals surface area contributed by atoms with Crippen molar-refractivity contribution in [1.82, 2.24) is 9.88 Å². The summed E-state index contributed by atoms with van der Waals surface area (Å²) in [4.78, 5) is 18.5. The summed E-state index contributed by atoms with van der Waals surface area (Å²) in [6.07, 6.45) is 2.52. The molecule has 1 heterocycles. The molecule has 2 aromatic rings. The summed E-state index contributed by atoms with van der Waals surface area (Å²) in [5.41, 5.74) is 1.77. The average molecular weight is 313 g/mol. The fourth-order valence-electron chi connectivity index (χ4n) is 2.01. The van der Waals surface area contributed by atoms with Gasteiger partial charge in [-0.05, 0) is 50.3 Å². The molecule has 0 radical (unpaired) electrons. The first-order chi connectivity index (χ1) is 11.1. The van der Waals surface area contributed by atoms with Crippen molar-refractivity contribution in [3.8, 4) is 5.75 Å². The molecule has 5 nitrogen and oxygen atoms in total. The van der Waals surface area contributed by atoms with E-state index in [1.165, 1.54) is 0 Å². The standard InChI is InChI=1S/C18H23N3O2/c1-4-14-6-5-7-15(12-14)18(22)20-17-9-8-16(13-19-17)23-11-10-21(2)3/h5-9,12-13H,4,10-11H2,1-3H3,(H,19,20,22). The van der Waals surface area contributed by atoms with Crippen molar-refractivity contribution in [2.24, 2.45) is 0 Å². The molecule has 0 saturated carbocycles. The van der Waals surface area contributed by atoms with Crippen LogP contribution in [0.25, 0.3) is 0 Å². The first-order valence-electron chi connectivity index (χ1n) is 7.72. The molecule has 2 rings (SSSR count). The van der Waals surface area contributed by atoms with Crippen molar-refractivity contribution < 1.29 is 9.53 Å². The molecule has 1 N–H and O–H groups in total. The summed E-state index contributed by atoms with van der Waals surface area (Å²) in [6, 6.07) is 11.1. The van der Waals surface area contributed by atoms with E-state index < -0.39 is 0 Å². The van der Waals surface area contributed by atoms with E-state index in [1.807, 2.05) is 37.2 Å². The molecule has 0 aliphatic rings. The van der Waals surface area contributed by atoms with Crippen LogP contribution in [0, 0.1) is 0 Å². The van der Waals surface area contributed by atoms with Gasteiger partial charge in [-0.25, -0.2) is 4.98 Å². The van der Waals surface area contributed by atoms with Gasteiger partial charge in [0.1, 0.15) is 18.2 Å². The Kier molecular flexibility index (Phi) is 6.11. The molecule has 1 aromatic heterocycles. The van der Waals surface area contributed by atoms with Gasteiger partial charge in [-0.2, -0.15) is 0 Å². The molecule has 0 aliphatic heterocycles. The van der Waals surface area contributed by atoms with Gasteiger partial charge >= 0.3 is 0 Å². The lowest BCUT2D eigenvalue weighted by atomic mass is 10.1. The topological polar surface area (TPSA) is 54.5 Å². The number of aromatic nitrogens is 1. The van der Waals surface area contributed by atoms with Gasteiger partial charge in [-0.1, -0.05) is 19.1 Å². The Balaban J connectivity index is 1.93. The summed E-state index contributed by atoms with van der Waals surface area (Å²) in [5.74, 6) is 1.05. The van der Waals surface area contributed by atoms with E-state index in [2.05, 4.69) is 17.2 Å². The smallest absolute Gasteiger partial charge is 0.256 e. The van der Waals surface area contributed by atoms with Gasteiger partial charge in [-0.15, -0.1) is 0 Å². The van der Waals surface area contributed by atoms with Gasteiger partial charge in [0.25, 0.3) is 5.91 Å². The molecule has 0 fully saturated rings. The van der Waals surface area contributed by atoms with Gasteiger partial charge < -0.3 is 15.0 Å². The second kappa shape index (κ2) is 8.29. The normalized spacial score (nSPS) is 10.6. The van der Waals surface area contributed by atoms with Crippen LogP contribution in [0.1, 0.15) is 22.8 Å². The number of carbonyl (C=O) groups excluding carboxylic acids is 1. The highest BCUT2D eigenvalue weighted by atomic mass is 16.5. The third kappa shape index (κ3) is 5.38. The van der Waals surface area contributed by atoms with Crippen LogP contribution in [-0.4, -0.2) is 43.0 Å². The predicted molar refractivity (Wildman–Crippen MR) is 92.1 cm³/mol. The van der Waals surface area contributed by atoms with Crippen molar-refractivity contribution in [3.63, 3.8) is 0 Å². The van der Waals surface area contributed by atoms with Crippen LogP contribution in [0.4, 0.5) is 5.82 Å². The lowest BCUT2D eigenvalue weighted by Crippen LogP contribution is -2.19. The predicted octanol–water partition coefficient (Wildman–Crippen LogP) is 2.84. The Bertz CT molecular complexity index is 639. The summed E-state index contributed by atoms with van der Waals surface area (Å²) in [6.45, 7) is 3.50. The summed E-state index contributed by atoms with van der Waals surface area (Å²) < 4.78 is 5.57. The van der Waals surface area contributed by atoms with Gasteiger partial charge in [-0.3, -0.25) is 4.79 Å². The van der Waals surface area contributed by atoms with Crippen LogP contribution in [0.5, 0.6) is 5.75 Å². The second-order valence-corrected chi connectivity index (χ2v) is 5.54. The molecule has 1 aromatic carbocycles. The third-order valence-electron chi connectivity index (χ3n) is 3.38. The van der Waals surface area contributed by atoms with Crippen LogP contribution in [0.3, 0.4) is 0 Å². The number of pyridine rings is 1. The molecule has 0 bridgehead atoms. The van der Waals surface area contributed by atoms with Crippen LogP contribution in [-0.2, 0) is 6.42 Å². The minimum Gasteiger partial charge on any atom is -0.491 e. The fourth-order valence-corrected chi connectivity index (χ4v) is 2.01. The number of rotatable bonds is 7. The number of anilines is 1. The van der Waals surface area contributed by atoms with Crippen LogP contribution in [0.15, 0.2) is 42.6 Å². The molecular formula is C18H23N3O2. The van der Waals surface area contributed by atoms with Crippen LogP contribution in [0.2, 0.25) is 0 Å². The number of benzene rings is 1. The lowest BCUT2D eigenvalue weighted by molar-refractivity contribution is 0.102. The largest absolute Gasteiger partial charge is 0.491 e. The van der Waals surface area contributed by atoms with Gasteiger partial charge in [0, 0.05) is 12.1 Å². The Morgan fingerprint density at radius 3 is 2.74 bits per heavy atom. The van der Waals surface area contributed by atoms with E-state index >= 15 is 0 Å². The monoisotopic (exact) mass is 313 g/mol. The molecular weight excluding hydrogens is 290 g/mol. The van der Waals surface area contributed by atoms with E-state index in [-0.39, 0.29) is 5.91 Å². The maximum atomic E-state index is 12.2. The van der Waals surface area contributed by atoms with E-state index in [0.717, 1.165) is 18.5 Å². The first kappa shape index (κ1) is 17.0. The zero-order valence-electron chi connectivity index (χ0n) is 13.9. The zero-order chi connectivity index (χ0) is 16.7. The molecule has 0 aliphatic carbocycles. The third-order valence-corrected chi connectivity index (χ3v) is 3.38.